The Morgan fingerprint density at radius 2 is 2.21 bits per heavy atom. The van der Waals surface area contributed by atoms with Crippen LogP contribution >= 0.6 is 0 Å². The molecule has 1 N–H and O–H groups in total. The molecule has 2 rings (SSSR count). The summed E-state index contributed by atoms with van der Waals surface area (Å²) >= 11 is 0. The predicted molar refractivity (Wildman–Crippen MR) is 79.5 cm³/mol. The normalized spacial score (nSPS) is 20.3. The predicted octanol–water partition coefficient (Wildman–Crippen LogP) is 1.34. The van der Waals surface area contributed by atoms with Crippen molar-refractivity contribution >= 4 is 5.69 Å². The van der Waals surface area contributed by atoms with Crippen LogP contribution in [-0.4, -0.2) is 65.4 Å². The average Bonchev–Trinajstić information content (AvgIpc) is 3.01. The van der Waals surface area contributed by atoms with E-state index in [1.807, 2.05) is 10.9 Å². The molecule has 1 saturated heterocycles. The van der Waals surface area contributed by atoms with Crippen LogP contribution in [0.15, 0.2) is 12.4 Å². The highest BCUT2D eigenvalue weighted by Crippen LogP contribution is 2.13. The smallest absolute Gasteiger partial charge is 0.0729 e. The van der Waals surface area contributed by atoms with Crippen LogP contribution in [0, 0.1) is 0 Å². The lowest BCUT2D eigenvalue weighted by Crippen LogP contribution is -2.27. The molecular formula is C14H27N5. The van der Waals surface area contributed by atoms with E-state index in [0.29, 0.717) is 6.04 Å². The van der Waals surface area contributed by atoms with Gasteiger partial charge in [0, 0.05) is 25.3 Å². The van der Waals surface area contributed by atoms with E-state index in [9.17, 15) is 0 Å². The second-order valence-electron chi connectivity index (χ2n) is 5.41. The molecule has 1 aromatic heterocycles. The molecule has 19 heavy (non-hydrogen) atoms. The Morgan fingerprint density at radius 3 is 2.84 bits per heavy atom. The summed E-state index contributed by atoms with van der Waals surface area (Å²) in [5, 5.41) is 8.00. The number of hydrogen-bond acceptors (Lipinski definition) is 4. The van der Waals surface area contributed by atoms with Gasteiger partial charge in [0.15, 0.2) is 0 Å². The second-order valence-corrected chi connectivity index (χ2v) is 5.41. The Hall–Kier alpha value is -1.07. The molecule has 0 aromatic carbocycles. The summed E-state index contributed by atoms with van der Waals surface area (Å²) in [7, 11) is 2.18. The van der Waals surface area contributed by atoms with Gasteiger partial charge in [0.05, 0.1) is 18.4 Å². The SMILES string of the molecule is CCN(CC)CCn1cc(NC2CCN(C)C2)cn1. The van der Waals surface area contributed by atoms with E-state index in [1.54, 1.807) is 0 Å². The lowest BCUT2D eigenvalue weighted by atomic mass is 10.2. The Balaban J connectivity index is 1.78. The van der Waals surface area contributed by atoms with Crippen molar-refractivity contribution in [3.05, 3.63) is 12.4 Å². The molecule has 5 heteroatoms. The number of aromatic nitrogens is 2. The van der Waals surface area contributed by atoms with Crippen LogP contribution in [0.1, 0.15) is 20.3 Å². The number of anilines is 1. The lowest BCUT2D eigenvalue weighted by Gasteiger charge is -2.17. The Morgan fingerprint density at radius 1 is 1.42 bits per heavy atom. The highest BCUT2D eigenvalue weighted by atomic mass is 15.3. The van der Waals surface area contributed by atoms with Gasteiger partial charge >= 0.3 is 0 Å². The van der Waals surface area contributed by atoms with Crippen LogP contribution in [0.25, 0.3) is 0 Å². The summed E-state index contributed by atoms with van der Waals surface area (Å²) in [5.74, 6) is 0. The van der Waals surface area contributed by atoms with Crippen LogP contribution < -0.4 is 5.32 Å². The Bertz CT molecular complexity index is 372. The standard InChI is InChI=1S/C14H27N5/c1-4-18(5-2)8-9-19-12-14(10-15-19)16-13-6-7-17(3)11-13/h10,12-13,16H,4-9,11H2,1-3H3. The van der Waals surface area contributed by atoms with E-state index in [2.05, 4.69) is 47.3 Å². The van der Waals surface area contributed by atoms with E-state index in [0.717, 1.165) is 38.4 Å². The van der Waals surface area contributed by atoms with Crippen LogP contribution in [-0.2, 0) is 6.54 Å². The van der Waals surface area contributed by atoms with Crippen molar-refractivity contribution in [3.63, 3.8) is 0 Å². The zero-order valence-electron chi connectivity index (χ0n) is 12.5. The third-order valence-electron chi connectivity index (χ3n) is 3.94. The zero-order chi connectivity index (χ0) is 13.7. The van der Waals surface area contributed by atoms with E-state index in [-0.39, 0.29) is 0 Å². The lowest BCUT2D eigenvalue weighted by molar-refractivity contribution is 0.285. The number of nitrogens with one attached hydrogen (secondary N) is 1. The molecule has 108 valence electrons. The molecule has 5 nitrogen and oxygen atoms in total. The van der Waals surface area contributed by atoms with Crippen molar-refractivity contribution < 1.29 is 0 Å². The van der Waals surface area contributed by atoms with Crippen LogP contribution in [0.2, 0.25) is 0 Å². The fraction of sp³-hybridized carbons (Fsp3) is 0.786. The van der Waals surface area contributed by atoms with Crippen molar-refractivity contribution in [2.75, 3.05) is 45.1 Å². The molecule has 0 amide bonds. The summed E-state index contributed by atoms with van der Waals surface area (Å²) in [6, 6.07) is 0.574. The maximum atomic E-state index is 4.43. The molecule has 1 aliphatic rings. The van der Waals surface area contributed by atoms with Crippen molar-refractivity contribution in [2.24, 2.45) is 0 Å². The third kappa shape index (κ3) is 4.21. The minimum absolute atomic E-state index is 0.574. The molecule has 0 bridgehead atoms. The van der Waals surface area contributed by atoms with E-state index >= 15 is 0 Å². The summed E-state index contributed by atoms with van der Waals surface area (Å²) in [4.78, 5) is 4.78. The van der Waals surface area contributed by atoms with Gasteiger partial charge in [0.1, 0.15) is 0 Å². The molecule has 0 spiro atoms. The summed E-state index contributed by atoms with van der Waals surface area (Å²) < 4.78 is 2.04. The Labute approximate surface area is 116 Å². The van der Waals surface area contributed by atoms with Crippen LogP contribution in [0.3, 0.4) is 0 Å². The molecule has 0 saturated carbocycles. The average molecular weight is 265 g/mol. The molecule has 1 atom stereocenters. The Kier molecular flexibility index (Phi) is 5.22. The van der Waals surface area contributed by atoms with Gasteiger partial charge in [-0.2, -0.15) is 5.10 Å². The van der Waals surface area contributed by atoms with Gasteiger partial charge in [0.25, 0.3) is 0 Å². The van der Waals surface area contributed by atoms with Gasteiger partial charge in [-0.05, 0) is 33.1 Å². The quantitative estimate of drug-likeness (QED) is 0.807. The maximum Gasteiger partial charge on any atom is 0.0729 e. The number of likely N-dealkylation sites (tertiary alicyclic amines) is 1. The van der Waals surface area contributed by atoms with E-state index in [1.165, 1.54) is 13.0 Å². The fourth-order valence-corrected chi connectivity index (χ4v) is 2.63. The monoisotopic (exact) mass is 265 g/mol. The number of rotatable bonds is 7. The number of hydrogen-bond donors (Lipinski definition) is 1. The van der Waals surface area contributed by atoms with Crippen LogP contribution in [0.4, 0.5) is 5.69 Å². The molecule has 0 aliphatic carbocycles. The molecular weight excluding hydrogens is 238 g/mol. The summed E-state index contributed by atoms with van der Waals surface area (Å²) in [6.07, 6.45) is 5.30. The second kappa shape index (κ2) is 6.91. The molecule has 2 heterocycles. The fourth-order valence-electron chi connectivity index (χ4n) is 2.63. The topological polar surface area (TPSA) is 36.3 Å². The molecule has 1 aliphatic heterocycles. The van der Waals surface area contributed by atoms with Crippen molar-refractivity contribution in [1.82, 2.24) is 19.6 Å². The van der Waals surface area contributed by atoms with Gasteiger partial charge in [0.2, 0.25) is 0 Å². The number of nitrogens with zero attached hydrogens (tertiary/aromatic N) is 4. The van der Waals surface area contributed by atoms with Gasteiger partial charge < -0.3 is 15.1 Å². The van der Waals surface area contributed by atoms with Crippen LogP contribution in [0.5, 0.6) is 0 Å². The minimum atomic E-state index is 0.574. The number of likely N-dealkylation sites (N-methyl/N-ethyl adjacent to an activating group) is 2. The van der Waals surface area contributed by atoms with E-state index in [4.69, 9.17) is 0 Å². The highest BCUT2D eigenvalue weighted by Gasteiger charge is 2.19. The first kappa shape index (κ1) is 14.3. The largest absolute Gasteiger partial charge is 0.378 e. The van der Waals surface area contributed by atoms with Gasteiger partial charge in [-0.3, -0.25) is 4.68 Å². The van der Waals surface area contributed by atoms with Crippen molar-refractivity contribution in [2.45, 2.75) is 32.9 Å². The third-order valence-corrected chi connectivity index (χ3v) is 3.94. The molecule has 0 radical (unpaired) electrons. The van der Waals surface area contributed by atoms with Crippen molar-refractivity contribution in [3.8, 4) is 0 Å². The summed E-state index contributed by atoms with van der Waals surface area (Å²) in [5.41, 5.74) is 1.15. The first-order valence-corrected chi connectivity index (χ1v) is 7.41. The minimum Gasteiger partial charge on any atom is -0.378 e. The molecule has 1 fully saturated rings. The zero-order valence-corrected chi connectivity index (χ0v) is 12.5. The van der Waals surface area contributed by atoms with Gasteiger partial charge in [-0.1, -0.05) is 13.8 Å². The van der Waals surface area contributed by atoms with Gasteiger partial charge in [-0.25, -0.2) is 0 Å². The molecule has 1 unspecified atom stereocenters. The first-order valence-electron chi connectivity index (χ1n) is 7.41. The van der Waals surface area contributed by atoms with E-state index < -0.39 is 0 Å². The maximum absolute atomic E-state index is 4.43. The van der Waals surface area contributed by atoms with Gasteiger partial charge in [-0.15, -0.1) is 0 Å². The van der Waals surface area contributed by atoms with Crippen molar-refractivity contribution in [1.29, 1.82) is 0 Å². The molecule has 1 aromatic rings. The first-order chi connectivity index (χ1) is 9.21. The summed E-state index contributed by atoms with van der Waals surface area (Å²) in [6.45, 7) is 11.0. The highest BCUT2D eigenvalue weighted by molar-refractivity contribution is 5.39.